The molecule has 1 aromatic rings. The van der Waals surface area contributed by atoms with E-state index < -0.39 is 5.83 Å². The first-order valence-electron chi connectivity index (χ1n) is 11.2. The summed E-state index contributed by atoms with van der Waals surface area (Å²) in [6.45, 7) is 2.26. The van der Waals surface area contributed by atoms with Crippen molar-refractivity contribution in [2.24, 2.45) is 11.8 Å². The van der Waals surface area contributed by atoms with Crippen LogP contribution in [-0.2, 0) is 12.8 Å². The van der Waals surface area contributed by atoms with Gasteiger partial charge in [-0.15, -0.1) is 0 Å². The summed E-state index contributed by atoms with van der Waals surface area (Å²) in [6.07, 6.45) is 20.1. The Balaban J connectivity index is 1.60. The molecule has 0 radical (unpaired) electrons. The smallest absolute Gasteiger partial charge is 0.195 e. The van der Waals surface area contributed by atoms with Crippen molar-refractivity contribution in [2.45, 2.75) is 84.0 Å². The molecule has 0 aliphatic heterocycles. The van der Waals surface area contributed by atoms with Gasteiger partial charge in [0.15, 0.2) is 5.83 Å². The molecule has 1 nitrogen and oxygen atoms in total. The van der Waals surface area contributed by atoms with Crippen molar-refractivity contribution in [3.63, 3.8) is 0 Å². The summed E-state index contributed by atoms with van der Waals surface area (Å²) in [5, 5.41) is 8.36. The molecule has 152 valence electrons. The second-order valence-corrected chi connectivity index (χ2v) is 8.33. The van der Waals surface area contributed by atoms with Crippen LogP contribution >= 0.6 is 0 Å². The van der Waals surface area contributed by atoms with Crippen LogP contribution in [0.3, 0.4) is 0 Å². The standard InChI is InChI=1S/C26H36FN/c1-2-3-5-8-22-11-15-24(16-12-22)19-20-25-17-13-23(14-18-25)9-6-4-7-10-26(27)21-28/h4,7,10-12,15-16,23,25H,2-3,5-6,8-9,13-14,17-20H2,1H3. The van der Waals surface area contributed by atoms with E-state index in [9.17, 15) is 4.39 Å². The monoisotopic (exact) mass is 381 g/mol. The van der Waals surface area contributed by atoms with E-state index in [1.807, 2.05) is 6.08 Å². The van der Waals surface area contributed by atoms with E-state index in [-0.39, 0.29) is 0 Å². The Hall–Kier alpha value is -1.88. The summed E-state index contributed by atoms with van der Waals surface area (Å²) < 4.78 is 12.7. The molecule has 1 aliphatic rings. The van der Waals surface area contributed by atoms with Gasteiger partial charge in [0.25, 0.3) is 0 Å². The van der Waals surface area contributed by atoms with Crippen molar-refractivity contribution in [2.75, 3.05) is 0 Å². The third-order valence-electron chi connectivity index (χ3n) is 6.13. The van der Waals surface area contributed by atoms with Crippen molar-refractivity contribution >= 4 is 0 Å². The number of unbranched alkanes of at least 4 members (excludes halogenated alkanes) is 2. The van der Waals surface area contributed by atoms with Crippen LogP contribution in [0.4, 0.5) is 4.39 Å². The lowest BCUT2D eigenvalue weighted by Gasteiger charge is -2.28. The van der Waals surface area contributed by atoms with Crippen LogP contribution in [0.2, 0.25) is 0 Å². The Morgan fingerprint density at radius 3 is 2.21 bits per heavy atom. The van der Waals surface area contributed by atoms with Gasteiger partial charge in [-0.2, -0.15) is 9.65 Å². The van der Waals surface area contributed by atoms with Gasteiger partial charge in [-0.3, -0.25) is 0 Å². The molecule has 0 heterocycles. The zero-order chi connectivity index (χ0) is 20.0. The van der Waals surface area contributed by atoms with Gasteiger partial charge in [-0.05, 0) is 67.6 Å². The summed E-state index contributed by atoms with van der Waals surface area (Å²) >= 11 is 0. The SMILES string of the molecule is CCCCCc1ccc(CCC2CCC(CCC=CC=C(F)C#N)CC2)cc1. The van der Waals surface area contributed by atoms with Crippen LogP contribution in [0.1, 0.15) is 82.3 Å². The predicted octanol–water partition coefficient (Wildman–Crippen LogP) is 7.87. The zero-order valence-corrected chi connectivity index (χ0v) is 17.5. The van der Waals surface area contributed by atoms with E-state index in [2.05, 4.69) is 31.2 Å². The molecule has 28 heavy (non-hydrogen) atoms. The quantitative estimate of drug-likeness (QED) is 0.217. The number of hydrogen-bond donors (Lipinski definition) is 0. The van der Waals surface area contributed by atoms with Crippen molar-refractivity contribution in [3.8, 4) is 6.07 Å². The molecule has 0 aromatic heterocycles. The fourth-order valence-corrected chi connectivity index (χ4v) is 4.25. The molecule has 2 heteroatoms. The van der Waals surface area contributed by atoms with Gasteiger partial charge in [-0.25, -0.2) is 0 Å². The third kappa shape index (κ3) is 8.87. The van der Waals surface area contributed by atoms with Crippen LogP contribution < -0.4 is 0 Å². The minimum absolute atomic E-state index is 0.720. The average Bonchev–Trinajstić information content (AvgIpc) is 2.74. The summed E-state index contributed by atoms with van der Waals surface area (Å²) in [7, 11) is 0. The Morgan fingerprint density at radius 1 is 1.00 bits per heavy atom. The summed E-state index contributed by atoms with van der Waals surface area (Å²) in [4.78, 5) is 0. The fourth-order valence-electron chi connectivity index (χ4n) is 4.25. The van der Waals surface area contributed by atoms with Gasteiger partial charge in [0.05, 0.1) is 0 Å². The molecular weight excluding hydrogens is 345 g/mol. The van der Waals surface area contributed by atoms with Crippen LogP contribution in [0.5, 0.6) is 0 Å². The van der Waals surface area contributed by atoms with Crippen LogP contribution in [0.25, 0.3) is 0 Å². The maximum Gasteiger partial charge on any atom is 0.199 e. The van der Waals surface area contributed by atoms with Crippen molar-refractivity contribution in [3.05, 3.63) is 59.4 Å². The number of nitriles is 1. The molecular formula is C26H36FN. The molecule has 1 fully saturated rings. The van der Waals surface area contributed by atoms with Gasteiger partial charge >= 0.3 is 0 Å². The van der Waals surface area contributed by atoms with Crippen molar-refractivity contribution in [1.82, 2.24) is 0 Å². The number of rotatable bonds is 11. The maximum atomic E-state index is 12.7. The van der Waals surface area contributed by atoms with E-state index in [4.69, 9.17) is 5.26 Å². The average molecular weight is 382 g/mol. The van der Waals surface area contributed by atoms with Crippen molar-refractivity contribution in [1.29, 1.82) is 5.26 Å². The Morgan fingerprint density at radius 2 is 1.61 bits per heavy atom. The highest BCUT2D eigenvalue weighted by Gasteiger charge is 2.20. The second-order valence-electron chi connectivity index (χ2n) is 8.33. The minimum atomic E-state index is -0.720. The minimum Gasteiger partial charge on any atom is -0.195 e. The van der Waals surface area contributed by atoms with Gasteiger partial charge in [0, 0.05) is 0 Å². The molecule has 0 bridgehead atoms. The van der Waals surface area contributed by atoms with Gasteiger partial charge in [0.1, 0.15) is 6.07 Å². The first-order valence-corrected chi connectivity index (χ1v) is 11.2. The number of allylic oxidation sites excluding steroid dienone is 4. The largest absolute Gasteiger partial charge is 0.199 e. The number of benzene rings is 1. The Labute approximate surface area is 171 Å². The number of aryl methyl sites for hydroxylation is 2. The van der Waals surface area contributed by atoms with E-state index in [1.165, 1.54) is 93.9 Å². The van der Waals surface area contributed by atoms with Crippen LogP contribution in [-0.4, -0.2) is 0 Å². The molecule has 0 N–H and O–H groups in total. The predicted molar refractivity (Wildman–Crippen MR) is 117 cm³/mol. The molecule has 2 rings (SSSR count). The summed E-state index contributed by atoms with van der Waals surface area (Å²) in [6, 6.07) is 10.8. The number of hydrogen-bond acceptors (Lipinski definition) is 1. The van der Waals surface area contributed by atoms with Gasteiger partial charge in [-0.1, -0.05) is 81.9 Å². The Bertz CT molecular complexity index is 642. The van der Waals surface area contributed by atoms with E-state index >= 15 is 0 Å². The lowest BCUT2D eigenvalue weighted by Crippen LogP contribution is -2.15. The number of nitrogens with zero attached hydrogens (tertiary/aromatic N) is 1. The van der Waals surface area contributed by atoms with E-state index in [0.717, 1.165) is 18.3 Å². The lowest BCUT2D eigenvalue weighted by molar-refractivity contribution is 0.254. The maximum absolute atomic E-state index is 12.7. The van der Waals surface area contributed by atoms with Gasteiger partial charge in [0.2, 0.25) is 0 Å². The normalized spacial score (nSPS) is 20.4. The highest BCUT2D eigenvalue weighted by molar-refractivity contribution is 5.22. The molecule has 0 unspecified atom stereocenters. The molecule has 1 saturated carbocycles. The van der Waals surface area contributed by atoms with E-state index in [0.29, 0.717) is 0 Å². The van der Waals surface area contributed by atoms with Gasteiger partial charge < -0.3 is 0 Å². The van der Waals surface area contributed by atoms with Crippen LogP contribution in [0.15, 0.2) is 48.3 Å². The zero-order valence-electron chi connectivity index (χ0n) is 17.5. The highest BCUT2D eigenvalue weighted by atomic mass is 19.1. The first-order chi connectivity index (χ1) is 13.7. The molecule has 1 aliphatic carbocycles. The first kappa shape index (κ1) is 22.4. The highest BCUT2D eigenvalue weighted by Crippen LogP contribution is 2.34. The van der Waals surface area contributed by atoms with E-state index in [1.54, 1.807) is 6.08 Å². The Kier molecular flexibility index (Phi) is 10.7. The topological polar surface area (TPSA) is 23.8 Å². The van der Waals surface area contributed by atoms with Crippen molar-refractivity contribution < 1.29 is 4.39 Å². The van der Waals surface area contributed by atoms with Crippen LogP contribution in [0, 0.1) is 23.2 Å². The lowest BCUT2D eigenvalue weighted by atomic mass is 9.78. The molecule has 1 aromatic carbocycles. The molecule has 0 amide bonds. The number of halogens is 1. The second kappa shape index (κ2) is 13.3. The summed E-state index contributed by atoms with van der Waals surface area (Å²) in [5.41, 5.74) is 2.97. The third-order valence-corrected chi connectivity index (χ3v) is 6.13. The summed E-state index contributed by atoms with van der Waals surface area (Å²) in [5.74, 6) is 0.972. The fraction of sp³-hybridized carbons (Fsp3) is 0.577. The molecule has 0 saturated heterocycles. The molecule has 0 atom stereocenters. The molecule has 0 spiro atoms.